The van der Waals surface area contributed by atoms with E-state index in [4.69, 9.17) is 22.6 Å². The minimum absolute atomic E-state index is 0.727. The Morgan fingerprint density at radius 2 is 1.50 bits per heavy atom. The highest BCUT2D eigenvalue weighted by atomic mass is 32.3. The molecule has 0 unspecified atom stereocenters. The number of carboxylic acids is 1. The second-order valence-electron chi connectivity index (χ2n) is 2.80. The molecule has 0 amide bonds. The van der Waals surface area contributed by atoms with Crippen molar-refractivity contribution in [1.82, 2.24) is 0 Å². The molecule has 1 rings (SSSR count). The number of hydrogen-bond donors (Lipinski definition) is 3. The van der Waals surface area contributed by atoms with Crippen LogP contribution in [0.5, 0.6) is 0 Å². The van der Waals surface area contributed by atoms with Crippen LogP contribution in [0.4, 0.5) is 13.2 Å². The first-order valence-electron chi connectivity index (χ1n) is 4.02. The van der Waals surface area contributed by atoms with Crippen LogP contribution in [0.1, 0.15) is 15.9 Å². The molecule has 102 valence electrons. The molecule has 0 bridgehead atoms. The van der Waals surface area contributed by atoms with Gasteiger partial charge in [-0.15, -0.1) is 0 Å². The zero-order valence-corrected chi connectivity index (χ0v) is 9.23. The Hall–Kier alpha value is -1.65. The third-order valence-electron chi connectivity index (χ3n) is 1.46. The van der Waals surface area contributed by atoms with Crippen molar-refractivity contribution in [3.63, 3.8) is 0 Å². The van der Waals surface area contributed by atoms with E-state index in [2.05, 4.69) is 0 Å². The van der Waals surface area contributed by atoms with Crippen LogP contribution < -0.4 is 0 Å². The van der Waals surface area contributed by atoms with Gasteiger partial charge in [-0.2, -0.15) is 21.6 Å². The number of carbonyl (C=O) groups is 1. The van der Waals surface area contributed by atoms with Crippen LogP contribution in [-0.4, -0.2) is 28.6 Å². The lowest BCUT2D eigenvalue weighted by Gasteiger charge is -2.08. The van der Waals surface area contributed by atoms with Gasteiger partial charge in [-0.05, 0) is 12.1 Å². The number of halogens is 3. The Kier molecular flexibility index (Phi) is 5.27. The van der Waals surface area contributed by atoms with E-state index in [-0.39, 0.29) is 0 Å². The molecule has 0 aliphatic heterocycles. The minimum Gasteiger partial charge on any atom is -0.478 e. The van der Waals surface area contributed by atoms with Gasteiger partial charge in [0.1, 0.15) is 0 Å². The van der Waals surface area contributed by atoms with E-state index in [0.29, 0.717) is 0 Å². The van der Waals surface area contributed by atoms with Gasteiger partial charge in [0.15, 0.2) is 0 Å². The zero-order valence-electron chi connectivity index (χ0n) is 8.42. The highest BCUT2D eigenvalue weighted by Crippen LogP contribution is 2.31. The van der Waals surface area contributed by atoms with Crippen molar-refractivity contribution in [3.8, 4) is 0 Å². The van der Waals surface area contributed by atoms with Crippen LogP contribution in [-0.2, 0) is 16.6 Å². The summed E-state index contributed by atoms with van der Waals surface area (Å²) in [5.74, 6) is -1.58. The molecule has 0 radical (unpaired) electrons. The Labute approximate surface area is 99.3 Å². The molecule has 0 fully saturated rings. The molecule has 6 nitrogen and oxygen atoms in total. The fourth-order valence-corrected chi connectivity index (χ4v) is 0.917. The predicted molar refractivity (Wildman–Crippen MR) is 52.6 cm³/mol. The number of alkyl halides is 3. The molecular weight excluding hydrogens is 281 g/mol. The van der Waals surface area contributed by atoms with E-state index in [1.54, 1.807) is 0 Å². The maximum absolute atomic E-state index is 12.1. The summed E-state index contributed by atoms with van der Waals surface area (Å²) in [7, 11) is -4.67. The summed E-state index contributed by atoms with van der Waals surface area (Å²) in [5.41, 5.74) is -1.85. The molecule has 0 heterocycles. The summed E-state index contributed by atoms with van der Waals surface area (Å²) in [4.78, 5) is 10.4. The molecule has 1 aromatic carbocycles. The lowest BCUT2D eigenvalue weighted by Crippen LogP contribution is -2.12. The highest BCUT2D eigenvalue weighted by Gasteiger charge is 2.34. The smallest absolute Gasteiger partial charge is 0.417 e. The minimum atomic E-state index is -4.67. The van der Waals surface area contributed by atoms with Crippen LogP contribution in [0, 0.1) is 0 Å². The van der Waals surface area contributed by atoms with Crippen molar-refractivity contribution >= 4 is 16.4 Å². The maximum Gasteiger partial charge on any atom is 0.417 e. The molecule has 0 saturated heterocycles. The van der Waals surface area contributed by atoms with Crippen molar-refractivity contribution in [1.29, 1.82) is 0 Å². The van der Waals surface area contributed by atoms with E-state index in [9.17, 15) is 18.0 Å². The normalized spacial score (nSPS) is 11.4. The summed E-state index contributed by atoms with van der Waals surface area (Å²) in [6.45, 7) is 0. The molecule has 1 aromatic rings. The monoisotopic (exact) mass is 288 g/mol. The highest BCUT2D eigenvalue weighted by molar-refractivity contribution is 7.79. The van der Waals surface area contributed by atoms with E-state index in [0.717, 1.165) is 18.2 Å². The fourth-order valence-electron chi connectivity index (χ4n) is 0.917. The molecule has 0 aliphatic carbocycles. The Bertz CT molecular complexity index is 514. The molecule has 10 heteroatoms. The first-order valence-corrected chi connectivity index (χ1v) is 5.42. The van der Waals surface area contributed by atoms with Crippen LogP contribution in [0.25, 0.3) is 0 Å². The Morgan fingerprint density at radius 3 is 1.78 bits per heavy atom. The van der Waals surface area contributed by atoms with Gasteiger partial charge in [0, 0.05) is 0 Å². The first-order chi connectivity index (χ1) is 7.93. The molecule has 18 heavy (non-hydrogen) atoms. The quantitative estimate of drug-likeness (QED) is 0.679. The Morgan fingerprint density at radius 1 is 1.11 bits per heavy atom. The molecular formula is C8H7F3O6S. The van der Waals surface area contributed by atoms with Crippen molar-refractivity contribution in [2.45, 2.75) is 6.18 Å². The number of carboxylic acid groups (broad SMARTS) is 1. The topological polar surface area (TPSA) is 112 Å². The van der Waals surface area contributed by atoms with Gasteiger partial charge in [0.25, 0.3) is 0 Å². The third kappa shape index (κ3) is 6.83. The van der Waals surface area contributed by atoms with Gasteiger partial charge in [0.05, 0.1) is 11.1 Å². The van der Waals surface area contributed by atoms with E-state index in [1.807, 2.05) is 0 Å². The standard InChI is InChI=1S/C8H5F3O2.H2O4S/c9-8(10,11)6-4-2-1-3-5(6)7(12)13;1-5(2,3)4/h1-4H,(H,12,13);(H2,1,2,3,4). The zero-order chi connectivity index (χ0) is 14.6. The first kappa shape index (κ1) is 16.4. The lowest BCUT2D eigenvalue weighted by molar-refractivity contribution is -0.138. The summed E-state index contributed by atoms with van der Waals surface area (Å²) in [6.07, 6.45) is -4.62. The van der Waals surface area contributed by atoms with Crippen molar-refractivity contribution < 1.29 is 40.6 Å². The molecule has 0 saturated carbocycles. The van der Waals surface area contributed by atoms with Crippen LogP contribution >= 0.6 is 0 Å². The third-order valence-corrected chi connectivity index (χ3v) is 1.46. The van der Waals surface area contributed by atoms with Gasteiger partial charge in [-0.25, -0.2) is 4.79 Å². The molecule has 0 atom stereocenters. The lowest BCUT2D eigenvalue weighted by atomic mass is 10.1. The fraction of sp³-hybridized carbons (Fsp3) is 0.125. The van der Waals surface area contributed by atoms with Gasteiger partial charge in [-0.1, -0.05) is 12.1 Å². The molecule has 3 N–H and O–H groups in total. The van der Waals surface area contributed by atoms with Crippen molar-refractivity contribution in [2.24, 2.45) is 0 Å². The van der Waals surface area contributed by atoms with Gasteiger partial charge >= 0.3 is 22.5 Å². The van der Waals surface area contributed by atoms with Crippen molar-refractivity contribution in [3.05, 3.63) is 35.4 Å². The average Bonchev–Trinajstić information content (AvgIpc) is 2.13. The molecule has 0 aliphatic rings. The second kappa shape index (κ2) is 5.80. The predicted octanol–water partition coefficient (Wildman–Crippen LogP) is 1.75. The number of aromatic carboxylic acids is 1. The molecule has 0 spiro atoms. The summed E-state index contributed by atoms with van der Waals surface area (Å²) in [6, 6.07) is 4.06. The number of benzene rings is 1. The van der Waals surface area contributed by atoms with E-state index >= 15 is 0 Å². The second-order valence-corrected chi connectivity index (χ2v) is 3.69. The SMILES string of the molecule is O=C(O)c1ccccc1C(F)(F)F.O=S(=O)(O)O. The molecule has 0 aromatic heterocycles. The number of hydrogen-bond acceptors (Lipinski definition) is 3. The van der Waals surface area contributed by atoms with Crippen LogP contribution in [0.3, 0.4) is 0 Å². The van der Waals surface area contributed by atoms with Crippen LogP contribution in [0.15, 0.2) is 24.3 Å². The van der Waals surface area contributed by atoms with Crippen molar-refractivity contribution in [2.75, 3.05) is 0 Å². The summed E-state index contributed by atoms with van der Waals surface area (Å²) in [5, 5.41) is 8.43. The number of rotatable bonds is 1. The van der Waals surface area contributed by atoms with Gasteiger partial charge in [-0.3, -0.25) is 9.11 Å². The Balaban J connectivity index is 0.000000494. The van der Waals surface area contributed by atoms with E-state index < -0.39 is 33.7 Å². The van der Waals surface area contributed by atoms with E-state index in [1.165, 1.54) is 6.07 Å². The average molecular weight is 288 g/mol. The maximum atomic E-state index is 12.1. The summed E-state index contributed by atoms with van der Waals surface area (Å²) >= 11 is 0. The van der Waals surface area contributed by atoms with Crippen LogP contribution in [0.2, 0.25) is 0 Å². The van der Waals surface area contributed by atoms with Gasteiger partial charge in [0.2, 0.25) is 0 Å². The largest absolute Gasteiger partial charge is 0.478 e. The summed E-state index contributed by atoms with van der Waals surface area (Å²) < 4.78 is 68.0. The van der Waals surface area contributed by atoms with Gasteiger partial charge < -0.3 is 5.11 Å².